The number of hydrogen-bond acceptors (Lipinski definition) is 4. The molecule has 28 heavy (non-hydrogen) atoms. The van der Waals surface area contributed by atoms with Gasteiger partial charge < -0.3 is 10.2 Å². The number of nitrogens with zero attached hydrogens (tertiary/aromatic N) is 1. The molecule has 1 amide bonds. The lowest BCUT2D eigenvalue weighted by Gasteiger charge is -2.35. The third-order valence-corrected chi connectivity index (χ3v) is 9.14. The fraction of sp³-hybridized carbons (Fsp3) is 0.696. The zero-order chi connectivity index (χ0) is 21.9. The Bertz CT molecular complexity index is 734. The van der Waals surface area contributed by atoms with E-state index in [0.717, 1.165) is 51.4 Å². The molecule has 0 spiro atoms. The number of carbonyl (C=O) groups excluding carboxylic acids is 1. The predicted molar refractivity (Wildman–Crippen MR) is 128 cm³/mol. The summed E-state index contributed by atoms with van der Waals surface area (Å²) < 4.78 is 8.36. The summed E-state index contributed by atoms with van der Waals surface area (Å²) in [5, 5.41) is 3.29. The molecular weight excluding hydrogens is 384 g/mol. The molecule has 1 aromatic rings. The highest BCUT2D eigenvalue weighted by Crippen LogP contribution is 2.42. The van der Waals surface area contributed by atoms with Gasteiger partial charge >= 0.3 is 0 Å². The Balaban J connectivity index is 2.58. The van der Waals surface area contributed by atoms with Crippen LogP contribution >= 0.6 is 23.5 Å². The summed E-state index contributed by atoms with van der Waals surface area (Å²) in [7, 11) is 1.89. The molecule has 0 aliphatic carbocycles. The fourth-order valence-corrected chi connectivity index (χ4v) is 7.16. The number of likely N-dealkylation sites (tertiary alicyclic amines) is 1. The van der Waals surface area contributed by atoms with E-state index in [9.17, 15) is 4.79 Å². The lowest BCUT2D eigenvalue weighted by atomic mass is 9.91. The van der Waals surface area contributed by atoms with Crippen LogP contribution in [-0.2, 0) is 0 Å². The van der Waals surface area contributed by atoms with Gasteiger partial charge in [0.15, 0.2) is 0 Å². The zero-order valence-electron chi connectivity index (χ0n) is 19.8. The summed E-state index contributed by atoms with van der Waals surface area (Å²) >= 11 is 3.95. The van der Waals surface area contributed by atoms with E-state index in [0.29, 0.717) is 10.5 Å². The van der Waals surface area contributed by atoms with E-state index in [1.54, 1.807) is 0 Å². The second kappa shape index (κ2) is 9.80. The molecule has 1 saturated heterocycles. The van der Waals surface area contributed by atoms with Gasteiger partial charge in [-0.05, 0) is 80.7 Å². The van der Waals surface area contributed by atoms with Gasteiger partial charge in [0.25, 0.3) is 5.91 Å². The first-order valence-corrected chi connectivity index (χ1v) is 12.5. The fourth-order valence-electron chi connectivity index (χ4n) is 4.37. The van der Waals surface area contributed by atoms with Crippen LogP contribution in [0.2, 0.25) is 0 Å². The monoisotopic (exact) mass is 423 g/mol. The van der Waals surface area contributed by atoms with E-state index < -0.39 is 0 Å². The number of thioether (sulfide) groups is 2. The van der Waals surface area contributed by atoms with Crippen LogP contribution in [0.1, 0.15) is 68.1 Å². The van der Waals surface area contributed by atoms with Gasteiger partial charge in [-0.1, -0.05) is 20.8 Å². The van der Waals surface area contributed by atoms with Crippen LogP contribution in [0.4, 0.5) is 5.69 Å². The zero-order valence-corrected chi connectivity index (χ0v) is 20.4. The predicted octanol–water partition coefficient (Wildman–Crippen LogP) is 6.03. The van der Waals surface area contributed by atoms with Crippen molar-refractivity contribution < 1.29 is 6.17 Å². The maximum atomic E-state index is 14.1. The molecule has 1 aliphatic heterocycles. The van der Waals surface area contributed by atoms with E-state index in [1.165, 1.54) is 0 Å². The van der Waals surface area contributed by atoms with E-state index >= 15 is 0 Å². The first kappa shape index (κ1) is 21.9. The van der Waals surface area contributed by atoms with Crippen LogP contribution in [-0.4, -0.2) is 46.0 Å². The molecule has 3 nitrogen and oxygen atoms in total. The lowest BCUT2D eigenvalue weighted by Crippen LogP contribution is -2.45. The van der Waals surface area contributed by atoms with Crippen LogP contribution in [0.25, 0.3) is 0 Å². The molecule has 1 heterocycles. The van der Waals surface area contributed by atoms with Crippen molar-refractivity contribution in [2.24, 2.45) is 5.92 Å². The Hall–Kier alpha value is -0.810. The maximum Gasteiger partial charge on any atom is 0.256 e. The van der Waals surface area contributed by atoms with Crippen molar-refractivity contribution >= 4 is 35.1 Å². The molecule has 158 valence electrons. The van der Waals surface area contributed by atoms with Crippen molar-refractivity contribution in [3.8, 4) is 0 Å². The summed E-state index contributed by atoms with van der Waals surface area (Å²) in [5.41, 5.74) is 5.86. The molecule has 1 fully saturated rings. The summed E-state index contributed by atoms with van der Waals surface area (Å²) in [4.78, 5) is 16.2. The standard InChI is InChI=1S/C23H38N2OS2/c1-10-27-23(28-11-2)19-12-13(3)18(8)25(19)22(26)20-16(6)14(4)15(5)17(7)21(20)24-9/h13,18-19,23-24H,10-12H2,1-9H3/t13?,18?,19-/m0/s1/i5D. The number of benzene rings is 1. The average Bonchev–Trinajstić information content (AvgIpc) is 2.99. The molecule has 5 heteroatoms. The molecular formula is C23H38N2OS2. The minimum Gasteiger partial charge on any atom is -0.387 e. The van der Waals surface area contributed by atoms with Crippen LogP contribution in [0.5, 0.6) is 0 Å². The molecule has 1 aliphatic rings. The molecule has 2 rings (SSSR count). The number of rotatable bonds is 7. The summed E-state index contributed by atoms with van der Waals surface area (Å²) in [6, 6.07) is 0.480. The first-order valence-electron chi connectivity index (χ1n) is 11.1. The summed E-state index contributed by atoms with van der Waals surface area (Å²) in [5.74, 6) is 2.77. The van der Waals surface area contributed by atoms with Crippen LogP contribution < -0.4 is 5.32 Å². The minimum absolute atomic E-state index is 0.148. The highest BCUT2D eigenvalue weighted by atomic mass is 32.2. The average molecular weight is 424 g/mol. The maximum absolute atomic E-state index is 14.1. The molecule has 0 radical (unpaired) electrons. The lowest BCUT2D eigenvalue weighted by molar-refractivity contribution is 0.0680. The molecule has 0 aromatic heterocycles. The Labute approximate surface area is 182 Å². The Morgan fingerprint density at radius 2 is 1.75 bits per heavy atom. The molecule has 1 N–H and O–H groups in total. The van der Waals surface area contributed by atoms with E-state index in [4.69, 9.17) is 1.37 Å². The van der Waals surface area contributed by atoms with Crippen LogP contribution in [0.3, 0.4) is 0 Å². The molecule has 2 unspecified atom stereocenters. The van der Waals surface area contributed by atoms with Crippen molar-refractivity contribution in [1.82, 2.24) is 4.90 Å². The van der Waals surface area contributed by atoms with E-state index in [-0.39, 0.29) is 24.9 Å². The summed E-state index contributed by atoms with van der Waals surface area (Å²) in [6.07, 6.45) is 1.06. The Morgan fingerprint density at radius 1 is 1.14 bits per heavy atom. The van der Waals surface area contributed by atoms with Gasteiger partial charge in [-0.2, -0.15) is 0 Å². The SMILES string of the molecule is [2H]Cc1c(C)c(C)c(C(=O)N2C(C)C(C)C[C@H]2C(SCC)SCC)c(NC)c1C. The van der Waals surface area contributed by atoms with Crippen LogP contribution in [0, 0.1) is 33.6 Å². The van der Waals surface area contributed by atoms with Gasteiger partial charge in [-0.25, -0.2) is 0 Å². The molecule has 0 bridgehead atoms. The van der Waals surface area contributed by atoms with Gasteiger partial charge in [-0.3, -0.25) is 4.79 Å². The first-order chi connectivity index (χ1) is 13.7. The highest BCUT2D eigenvalue weighted by Gasteiger charge is 2.44. The Kier molecular flexibility index (Phi) is 7.66. The molecule has 0 saturated carbocycles. The second-order valence-electron chi connectivity index (χ2n) is 7.87. The number of nitrogens with one attached hydrogen (secondary N) is 1. The van der Waals surface area contributed by atoms with Crippen LogP contribution in [0.15, 0.2) is 0 Å². The van der Waals surface area contributed by atoms with Gasteiger partial charge in [0.05, 0.1) is 21.9 Å². The topological polar surface area (TPSA) is 32.3 Å². The van der Waals surface area contributed by atoms with Crippen molar-refractivity contribution in [3.63, 3.8) is 0 Å². The smallest absolute Gasteiger partial charge is 0.256 e. The third-order valence-electron chi connectivity index (χ3n) is 6.38. The molecule has 1 aromatic carbocycles. The van der Waals surface area contributed by atoms with Crippen molar-refractivity contribution in [3.05, 3.63) is 27.8 Å². The van der Waals surface area contributed by atoms with Crippen molar-refractivity contribution in [2.75, 3.05) is 23.9 Å². The second-order valence-corrected chi connectivity index (χ2v) is 11.0. The van der Waals surface area contributed by atoms with Gasteiger partial charge in [0.1, 0.15) is 0 Å². The normalized spacial score (nSPS) is 22.7. The number of hydrogen-bond donors (Lipinski definition) is 1. The molecule has 3 atom stereocenters. The largest absolute Gasteiger partial charge is 0.387 e. The quantitative estimate of drug-likeness (QED) is 0.542. The Morgan fingerprint density at radius 3 is 2.25 bits per heavy atom. The van der Waals surface area contributed by atoms with Crippen molar-refractivity contribution in [2.45, 2.75) is 78.5 Å². The number of carbonyl (C=O) groups is 1. The third kappa shape index (κ3) is 4.21. The van der Waals surface area contributed by atoms with E-state index in [1.807, 2.05) is 44.4 Å². The minimum atomic E-state index is 0.148. The van der Waals surface area contributed by atoms with Gasteiger partial charge in [0.2, 0.25) is 0 Å². The number of amides is 1. The van der Waals surface area contributed by atoms with Crippen molar-refractivity contribution in [1.29, 1.82) is 0 Å². The number of anilines is 1. The van der Waals surface area contributed by atoms with Gasteiger partial charge in [-0.15, -0.1) is 23.5 Å². The highest BCUT2D eigenvalue weighted by molar-refractivity contribution is 8.17. The van der Waals surface area contributed by atoms with Gasteiger partial charge in [0, 0.05) is 14.5 Å². The van der Waals surface area contributed by atoms with E-state index in [2.05, 4.69) is 44.8 Å². The summed E-state index contributed by atoms with van der Waals surface area (Å²) in [6.45, 7) is 15.3.